The molecule has 132 valence electrons. The molecule has 1 aliphatic heterocycles. The molecule has 1 unspecified atom stereocenters. The summed E-state index contributed by atoms with van der Waals surface area (Å²) in [5.74, 6) is -0.193. The average Bonchev–Trinajstić information content (AvgIpc) is 2.58. The number of benzene rings is 1. The molecular formula is C17H24BrN3O3. The van der Waals surface area contributed by atoms with Gasteiger partial charge in [-0.15, -0.1) is 0 Å². The van der Waals surface area contributed by atoms with E-state index < -0.39 is 6.04 Å². The molecule has 4 N–H and O–H groups in total. The molecule has 0 radical (unpaired) electrons. The first kappa shape index (κ1) is 18.9. The van der Waals surface area contributed by atoms with Crippen LogP contribution in [-0.2, 0) is 14.3 Å². The minimum atomic E-state index is -0.538. The third-order valence-corrected chi connectivity index (χ3v) is 4.69. The normalized spacial score (nSPS) is 16.5. The van der Waals surface area contributed by atoms with Crippen LogP contribution in [0.4, 0.5) is 5.69 Å². The summed E-state index contributed by atoms with van der Waals surface area (Å²) >= 11 is 3.38. The Bertz CT molecular complexity index is 588. The molecule has 0 bridgehead atoms. The van der Waals surface area contributed by atoms with E-state index in [1.165, 1.54) is 0 Å². The second-order valence-corrected chi connectivity index (χ2v) is 6.94. The second kappa shape index (κ2) is 9.15. The molecule has 0 aliphatic carbocycles. The largest absolute Gasteiger partial charge is 0.381 e. The summed E-state index contributed by atoms with van der Waals surface area (Å²) in [6.45, 7) is 3.51. The van der Waals surface area contributed by atoms with E-state index in [2.05, 4.69) is 26.6 Å². The minimum Gasteiger partial charge on any atom is -0.381 e. The molecule has 1 aromatic rings. The summed E-state index contributed by atoms with van der Waals surface area (Å²) in [6, 6.07) is 5.16. The van der Waals surface area contributed by atoms with Gasteiger partial charge in [-0.1, -0.05) is 22.0 Å². The molecule has 1 aromatic carbocycles. The van der Waals surface area contributed by atoms with E-state index in [1.807, 2.05) is 25.1 Å². The third-order valence-electron chi connectivity index (χ3n) is 4.20. The molecule has 24 heavy (non-hydrogen) atoms. The van der Waals surface area contributed by atoms with Crippen molar-refractivity contribution in [3.63, 3.8) is 0 Å². The smallest absolute Gasteiger partial charge is 0.237 e. The number of aryl methyl sites for hydroxylation is 1. The van der Waals surface area contributed by atoms with Gasteiger partial charge in [-0.3, -0.25) is 9.59 Å². The van der Waals surface area contributed by atoms with Gasteiger partial charge in [0.2, 0.25) is 11.8 Å². The number of hydrogen-bond acceptors (Lipinski definition) is 4. The van der Waals surface area contributed by atoms with E-state index in [1.54, 1.807) is 0 Å². The fourth-order valence-corrected chi connectivity index (χ4v) is 3.01. The van der Waals surface area contributed by atoms with E-state index in [0.717, 1.165) is 28.6 Å². The van der Waals surface area contributed by atoms with Crippen LogP contribution >= 0.6 is 15.9 Å². The van der Waals surface area contributed by atoms with E-state index in [0.29, 0.717) is 13.2 Å². The lowest BCUT2D eigenvalue weighted by Crippen LogP contribution is -2.47. The second-order valence-electron chi connectivity index (χ2n) is 6.02. The maximum atomic E-state index is 12.1. The molecule has 1 saturated heterocycles. The number of rotatable bonds is 6. The first-order chi connectivity index (χ1) is 11.5. The van der Waals surface area contributed by atoms with Gasteiger partial charge in [0.05, 0.1) is 6.04 Å². The van der Waals surface area contributed by atoms with Gasteiger partial charge in [-0.25, -0.2) is 0 Å². The SMILES string of the molecule is Cc1ccc(Br)cc1NC(=O)CCNC(=O)C(N)C1CCOCC1. The highest BCUT2D eigenvalue weighted by Crippen LogP contribution is 2.20. The first-order valence-electron chi connectivity index (χ1n) is 8.14. The van der Waals surface area contributed by atoms with Crippen LogP contribution in [0.25, 0.3) is 0 Å². The molecular weight excluding hydrogens is 374 g/mol. The van der Waals surface area contributed by atoms with E-state index >= 15 is 0 Å². The van der Waals surface area contributed by atoms with Crippen molar-refractivity contribution >= 4 is 33.4 Å². The first-order valence-corrected chi connectivity index (χ1v) is 8.93. The zero-order valence-electron chi connectivity index (χ0n) is 13.8. The van der Waals surface area contributed by atoms with Crippen molar-refractivity contribution in [2.24, 2.45) is 11.7 Å². The molecule has 1 heterocycles. The van der Waals surface area contributed by atoms with Crippen molar-refractivity contribution in [2.45, 2.75) is 32.2 Å². The summed E-state index contributed by atoms with van der Waals surface area (Å²) in [7, 11) is 0. The number of hydrogen-bond donors (Lipinski definition) is 3. The predicted octanol–water partition coefficient (Wildman–Crippen LogP) is 1.96. The van der Waals surface area contributed by atoms with Crippen molar-refractivity contribution in [2.75, 3.05) is 25.1 Å². The van der Waals surface area contributed by atoms with Crippen LogP contribution in [-0.4, -0.2) is 37.6 Å². The highest BCUT2D eigenvalue weighted by Gasteiger charge is 2.26. The molecule has 0 saturated carbocycles. The van der Waals surface area contributed by atoms with Crippen LogP contribution < -0.4 is 16.4 Å². The van der Waals surface area contributed by atoms with Gasteiger partial charge in [0.25, 0.3) is 0 Å². The summed E-state index contributed by atoms with van der Waals surface area (Å²) in [5, 5.41) is 5.60. The monoisotopic (exact) mass is 397 g/mol. The van der Waals surface area contributed by atoms with E-state index in [4.69, 9.17) is 10.5 Å². The molecule has 0 aromatic heterocycles. The van der Waals surface area contributed by atoms with Crippen LogP contribution in [0.5, 0.6) is 0 Å². The number of ether oxygens (including phenoxy) is 1. The molecule has 1 fully saturated rings. The van der Waals surface area contributed by atoms with Gasteiger partial charge in [0, 0.05) is 36.3 Å². The summed E-state index contributed by atoms with van der Waals surface area (Å²) < 4.78 is 6.18. The number of nitrogens with two attached hydrogens (primary N) is 1. The Morgan fingerprint density at radius 2 is 2.08 bits per heavy atom. The number of carbonyl (C=O) groups is 2. The van der Waals surface area contributed by atoms with Crippen LogP contribution in [0.1, 0.15) is 24.8 Å². The van der Waals surface area contributed by atoms with Crippen molar-refractivity contribution in [1.82, 2.24) is 5.32 Å². The maximum Gasteiger partial charge on any atom is 0.237 e. The fraction of sp³-hybridized carbons (Fsp3) is 0.529. The van der Waals surface area contributed by atoms with Crippen molar-refractivity contribution in [1.29, 1.82) is 0 Å². The van der Waals surface area contributed by atoms with Gasteiger partial charge in [-0.05, 0) is 43.4 Å². The quantitative estimate of drug-likeness (QED) is 0.683. The number of carbonyl (C=O) groups excluding carboxylic acids is 2. The lowest BCUT2D eigenvalue weighted by molar-refractivity contribution is -0.124. The Kier molecular flexibility index (Phi) is 7.20. The van der Waals surface area contributed by atoms with Gasteiger partial charge in [0.15, 0.2) is 0 Å². The van der Waals surface area contributed by atoms with Crippen LogP contribution in [0, 0.1) is 12.8 Å². The predicted molar refractivity (Wildman–Crippen MR) is 96.7 cm³/mol. The molecule has 1 atom stereocenters. The minimum absolute atomic E-state index is 0.142. The Morgan fingerprint density at radius 1 is 1.38 bits per heavy atom. The summed E-state index contributed by atoms with van der Waals surface area (Å²) in [6.07, 6.45) is 1.81. The highest BCUT2D eigenvalue weighted by molar-refractivity contribution is 9.10. The lowest BCUT2D eigenvalue weighted by atomic mass is 9.92. The Labute approximate surface area is 150 Å². The lowest BCUT2D eigenvalue weighted by Gasteiger charge is -2.26. The molecule has 1 aliphatic rings. The molecule has 0 spiro atoms. The molecule has 2 rings (SSSR count). The molecule has 6 nitrogen and oxygen atoms in total. The van der Waals surface area contributed by atoms with Crippen LogP contribution in [0.15, 0.2) is 22.7 Å². The van der Waals surface area contributed by atoms with Gasteiger partial charge in [-0.2, -0.15) is 0 Å². The Morgan fingerprint density at radius 3 is 2.79 bits per heavy atom. The maximum absolute atomic E-state index is 12.1. The van der Waals surface area contributed by atoms with Crippen molar-refractivity contribution < 1.29 is 14.3 Å². The van der Waals surface area contributed by atoms with Gasteiger partial charge < -0.3 is 21.1 Å². The summed E-state index contributed by atoms with van der Waals surface area (Å²) in [5.41, 5.74) is 7.74. The standard InChI is InChI=1S/C17H24BrN3O3/c1-11-2-3-13(18)10-14(11)21-15(22)4-7-20-17(23)16(19)12-5-8-24-9-6-12/h2-3,10,12,16H,4-9,19H2,1H3,(H,20,23)(H,21,22). The third kappa shape index (κ3) is 5.58. The number of halogens is 1. The number of nitrogens with one attached hydrogen (secondary N) is 2. The zero-order chi connectivity index (χ0) is 17.5. The topological polar surface area (TPSA) is 93.5 Å². The van der Waals surface area contributed by atoms with Gasteiger partial charge in [0.1, 0.15) is 0 Å². The van der Waals surface area contributed by atoms with Crippen LogP contribution in [0.2, 0.25) is 0 Å². The molecule has 7 heteroatoms. The Hall–Kier alpha value is -1.44. The zero-order valence-corrected chi connectivity index (χ0v) is 15.4. The van der Waals surface area contributed by atoms with E-state index in [-0.39, 0.29) is 30.7 Å². The van der Waals surface area contributed by atoms with Crippen molar-refractivity contribution in [3.8, 4) is 0 Å². The Balaban J connectivity index is 1.73. The number of anilines is 1. The number of amides is 2. The van der Waals surface area contributed by atoms with Crippen LogP contribution in [0.3, 0.4) is 0 Å². The molecule has 2 amide bonds. The fourth-order valence-electron chi connectivity index (χ4n) is 2.65. The van der Waals surface area contributed by atoms with Gasteiger partial charge >= 0.3 is 0 Å². The average molecular weight is 398 g/mol. The highest BCUT2D eigenvalue weighted by atomic mass is 79.9. The van der Waals surface area contributed by atoms with Crippen molar-refractivity contribution in [3.05, 3.63) is 28.2 Å². The van der Waals surface area contributed by atoms with E-state index in [9.17, 15) is 9.59 Å². The summed E-state index contributed by atoms with van der Waals surface area (Å²) in [4.78, 5) is 24.1.